The van der Waals surface area contributed by atoms with Gasteiger partial charge >= 0.3 is 0 Å². The normalized spacial score (nSPS) is 11.3. The van der Waals surface area contributed by atoms with E-state index >= 15 is 0 Å². The number of sulfonamides is 1. The molecule has 2 heterocycles. The van der Waals surface area contributed by atoms with Crippen molar-refractivity contribution >= 4 is 32.2 Å². The Morgan fingerprint density at radius 3 is 3.00 bits per heavy atom. The lowest BCUT2D eigenvalue weighted by Gasteiger charge is -2.07. The molecule has 2 N–H and O–H groups in total. The molecule has 0 radical (unpaired) electrons. The Bertz CT molecular complexity index is 1030. The Balaban J connectivity index is 1.70. The number of hydrogen-bond acceptors (Lipinski definition) is 5. The van der Waals surface area contributed by atoms with Crippen molar-refractivity contribution in [3.63, 3.8) is 0 Å². The molecule has 0 aliphatic heterocycles. The van der Waals surface area contributed by atoms with Crippen LogP contribution < -0.4 is 10.0 Å². The minimum Gasteiger partial charge on any atom is -0.346 e. The van der Waals surface area contributed by atoms with Gasteiger partial charge in [0.1, 0.15) is 0 Å². The molecule has 9 heteroatoms. The van der Waals surface area contributed by atoms with Crippen LogP contribution in [0, 0.1) is 12.3 Å². The van der Waals surface area contributed by atoms with E-state index in [2.05, 4.69) is 20.9 Å². The van der Waals surface area contributed by atoms with Crippen LogP contribution in [0.4, 0.5) is 0 Å². The zero-order valence-corrected chi connectivity index (χ0v) is 14.6. The van der Waals surface area contributed by atoms with Crippen LogP contribution >= 0.6 is 11.3 Å². The molecule has 1 amide bonds. The Labute approximate surface area is 148 Å². The number of nitrogens with one attached hydrogen (secondary N) is 2. The van der Waals surface area contributed by atoms with Crippen molar-refractivity contribution < 1.29 is 13.2 Å². The molecule has 7 nitrogen and oxygen atoms in total. The van der Waals surface area contributed by atoms with E-state index in [0.29, 0.717) is 0 Å². The summed E-state index contributed by atoms with van der Waals surface area (Å²) in [6.07, 6.45) is 8.77. The maximum Gasteiger partial charge on any atom is 0.251 e. The van der Waals surface area contributed by atoms with Gasteiger partial charge in [-0.15, -0.1) is 17.8 Å². The average Bonchev–Trinajstić information content (AvgIpc) is 3.19. The highest BCUT2D eigenvalue weighted by Gasteiger charge is 2.15. The number of rotatable bonds is 6. The molecule has 128 valence electrons. The van der Waals surface area contributed by atoms with Gasteiger partial charge in [0.25, 0.3) is 5.91 Å². The molecule has 0 saturated heterocycles. The highest BCUT2D eigenvalue weighted by atomic mass is 32.2. The third kappa shape index (κ3) is 3.88. The first-order valence-electron chi connectivity index (χ1n) is 7.22. The van der Waals surface area contributed by atoms with E-state index in [-0.39, 0.29) is 29.5 Å². The molecule has 0 fully saturated rings. The molecule has 0 aliphatic rings. The Kier molecular flexibility index (Phi) is 4.85. The van der Waals surface area contributed by atoms with Gasteiger partial charge < -0.3 is 5.32 Å². The van der Waals surface area contributed by atoms with Crippen LogP contribution in [0.3, 0.4) is 0 Å². The minimum absolute atomic E-state index is 0.0158. The van der Waals surface area contributed by atoms with Crippen LogP contribution in [0.2, 0.25) is 0 Å². The predicted molar refractivity (Wildman–Crippen MR) is 94.7 cm³/mol. The van der Waals surface area contributed by atoms with Crippen LogP contribution in [0.1, 0.15) is 16.1 Å². The van der Waals surface area contributed by atoms with Crippen LogP contribution in [0.5, 0.6) is 0 Å². The lowest BCUT2D eigenvalue weighted by Crippen LogP contribution is -2.26. The first-order chi connectivity index (χ1) is 12.0. The number of benzene rings is 1. The zero-order chi connectivity index (χ0) is 17.9. The van der Waals surface area contributed by atoms with Gasteiger partial charge in [-0.3, -0.25) is 9.20 Å². The van der Waals surface area contributed by atoms with Gasteiger partial charge in [-0.2, -0.15) is 4.72 Å². The average molecular weight is 374 g/mol. The monoisotopic (exact) mass is 374 g/mol. The summed E-state index contributed by atoms with van der Waals surface area (Å²) in [7, 11) is -3.74. The molecule has 25 heavy (non-hydrogen) atoms. The highest BCUT2D eigenvalue weighted by Crippen LogP contribution is 2.13. The summed E-state index contributed by atoms with van der Waals surface area (Å²) in [6, 6.07) is 5.76. The molecule has 2 aromatic heterocycles. The zero-order valence-electron chi connectivity index (χ0n) is 13.0. The van der Waals surface area contributed by atoms with Gasteiger partial charge in [0.2, 0.25) is 10.0 Å². The molecular formula is C16H14N4O3S2. The molecule has 0 saturated carbocycles. The Hall–Kier alpha value is -2.67. The summed E-state index contributed by atoms with van der Waals surface area (Å²) in [5.41, 5.74) is 0.962. The maximum atomic E-state index is 12.3. The van der Waals surface area contributed by atoms with Crippen molar-refractivity contribution in [1.29, 1.82) is 0 Å². The number of imidazole rings is 1. The summed E-state index contributed by atoms with van der Waals surface area (Å²) >= 11 is 1.50. The number of carbonyl (C=O) groups excluding carboxylic acids is 1. The summed E-state index contributed by atoms with van der Waals surface area (Å²) in [4.78, 5) is 17.5. The lowest BCUT2D eigenvalue weighted by atomic mass is 10.2. The second-order valence-electron chi connectivity index (χ2n) is 5.06. The van der Waals surface area contributed by atoms with Crippen molar-refractivity contribution in [2.75, 3.05) is 6.54 Å². The lowest BCUT2D eigenvalue weighted by molar-refractivity contribution is 0.0950. The number of aromatic nitrogens is 2. The number of nitrogens with zero attached hydrogens (tertiary/aromatic N) is 2. The molecule has 0 unspecified atom stereocenters. The van der Waals surface area contributed by atoms with Gasteiger partial charge in [-0.1, -0.05) is 12.0 Å². The fourth-order valence-electron chi connectivity index (χ4n) is 2.16. The second kappa shape index (κ2) is 7.06. The van der Waals surface area contributed by atoms with E-state index in [9.17, 15) is 13.2 Å². The Morgan fingerprint density at radius 2 is 2.24 bits per heavy atom. The summed E-state index contributed by atoms with van der Waals surface area (Å²) in [5.74, 6) is 1.82. The van der Waals surface area contributed by atoms with Gasteiger partial charge in [0.15, 0.2) is 4.96 Å². The molecule has 3 aromatic rings. The molecule has 0 spiro atoms. The second-order valence-corrected chi connectivity index (χ2v) is 7.70. The standard InChI is InChI=1S/C16H14N4O3S2/c1-2-6-18-25(22,23)14-5-3-4-12(9-14)15(21)17-10-13-11-20-7-8-24-16(20)19-13/h1,3-5,7-9,11,18H,6,10H2,(H,17,21). The van der Waals surface area contributed by atoms with Gasteiger partial charge in [-0.05, 0) is 18.2 Å². The SMILES string of the molecule is C#CCNS(=O)(=O)c1cccc(C(=O)NCc2cn3ccsc3n2)c1. The number of amides is 1. The first kappa shape index (κ1) is 17.2. The molecule has 0 atom stereocenters. The molecule has 0 aliphatic carbocycles. The maximum absolute atomic E-state index is 12.3. The van der Waals surface area contributed by atoms with Crippen molar-refractivity contribution in [2.24, 2.45) is 0 Å². The van der Waals surface area contributed by atoms with Crippen molar-refractivity contribution in [3.8, 4) is 12.3 Å². The molecule has 3 rings (SSSR count). The fourth-order valence-corrected chi connectivity index (χ4v) is 3.86. The minimum atomic E-state index is -3.74. The molecule has 1 aromatic carbocycles. The van der Waals surface area contributed by atoms with Gasteiger partial charge in [0, 0.05) is 23.3 Å². The van der Waals surface area contributed by atoms with Crippen LogP contribution in [-0.4, -0.2) is 30.3 Å². The van der Waals surface area contributed by atoms with Gasteiger partial charge in [-0.25, -0.2) is 13.4 Å². The Morgan fingerprint density at radius 1 is 1.40 bits per heavy atom. The van der Waals surface area contributed by atoms with Crippen molar-refractivity contribution in [1.82, 2.24) is 19.4 Å². The number of hydrogen-bond donors (Lipinski definition) is 2. The van der Waals surface area contributed by atoms with Crippen molar-refractivity contribution in [3.05, 3.63) is 53.3 Å². The summed E-state index contributed by atoms with van der Waals surface area (Å²) in [6.45, 7) is 0.135. The van der Waals surface area contributed by atoms with Crippen LogP contribution in [-0.2, 0) is 16.6 Å². The smallest absolute Gasteiger partial charge is 0.251 e. The van der Waals surface area contributed by atoms with E-state index in [1.54, 1.807) is 6.07 Å². The summed E-state index contributed by atoms with van der Waals surface area (Å²) in [5, 5.41) is 4.65. The topological polar surface area (TPSA) is 92.6 Å². The third-order valence-corrected chi connectivity index (χ3v) is 5.51. The molecular weight excluding hydrogens is 360 g/mol. The predicted octanol–water partition coefficient (Wildman–Crippen LogP) is 1.24. The van der Waals surface area contributed by atoms with Crippen LogP contribution in [0.15, 0.2) is 46.9 Å². The summed E-state index contributed by atoms with van der Waals surface area (Å²) < 4.78 is 28.3. The van der Waals surface area contributed by atoms with Crippen molar-refractivity contribution in [2.45, 2.75) is 11.4 Å². The van der Waals surface area contributed by atoms with E-state index in [0.717, 1.165) is 10.7 Å². The van der Waals surface area contributed by atoms with E-state index in [1.807, 2.05) is 22.2 Å². The number of thiazole rings is 1. The van der Waals surface area contributed by atoms with Crippen LogP contribution in [0.25, 0.3) is 4.96 Å². The number of terminal acetylenes is 1. The fraction of sp³-hybridized carbons (Fsp3) is 0.125. The quantitative estimate of drug-likeness (QED) is 0.635. The van der Waals surface area contributed by atoms with E-state index < -0.39 is 10.0 Å². The number of carbonyl (C=O) groups is 1. The molecule has 0 bridgehead atoms. The van der Waals surface area contributed by atoms with E-state index in [1.165, 1.54) is 29.5 Å². The first-order valence-corrected chi connectivity index (χ1v) is 9.58. The third-order valence-electron chi connectivity index (χ3n) is 3.34. The van der Waals surface area contributed by atoms with E-state index in [4.69, 9.17) is 6.42 Å². The highest BCUT2D eigenvalue weighted by molar-refractivity contribution is 7.89. The largest absolute Gasteiger partial charge is 0.346 e. The van der Waals surface area contributed by atoms with Gasteiger partial charge in [0.05, 0.1) is 23.7 Å². The number of fused-ring (bicyclic) bond motifs is 1.